The Morgan fingerprint density at radius 3 is 2.72 bits per heavy atom. The molecule has 1 amide bonds. The van der Waals surface area contributed by atoms with Gasteiger partial charge in [0, 0.05) is 18.6 Å². The lowest BCUT2D eigenvalue weighted by molar-refractivity contribution is -0.133. The van der Waals surface area contributed by atoms with Crippen molar-refractivity contribution in [1.82, 2.24) is 20.1 Å². The van der Waals surface area contributed by atoms with Crippen molar-refractivity contribution < 1.29 is 9.21 Å². The number of aromatic amines is 1. The largest absolute Gasteiger partial charge is 0.403 e. The van der Waals surface area contributed by atoms with Crippen molar-refractivity contribution in [2.24, 2.45) is 5.41 Å². The van der Waals surface area contributed by atoms with Crippen LogP contribution in [-0.2, 0) is 4.79 Å². The van der Waals surface area contributed by atoms with Gasteiger partial charge in [-0.25, -0.2) is 0 Å². The maximum absolute atomic E-state index is 12.7. The highest BCUT2D eigenvalue weighted by Gasteiger charge is 2.45. The summed E-state index contributed by atoms with van der Waals surface area (Å²) in [5.41, 5.74) is 1.27. The van der Waals surface area contributed by atoms with Gasteiger partial charge in [0.05, 0.1) is 0 Å². The lowest BCUT2D eigenvalue weighted by Gasteiger charge is -2.33. The van der Waals surface area contributed by atoms with Gasteiger partial charge < -0.3 is 19.6 Å². The zero-order valence-corrected chi connectivity index (χ0v) is 16.3. The standard InChI is InChI=1S/C21H23N5O3/c1-13(19(28)26-10-8-21(6-7-21)9-11-26)22-20-25-24-18(29-20)15-12-14-4-2-3-5-16(14)23-17(15)27/h2-5,12-13H,6-11H2,1H3,(H,22,25)(H,23,27)/t13-/m1/s1. The van der Waals surface area contributed by atoms with Gasteiger partial charge in [-0.2, -0.15) is 0 Å². The number of benzene rings is 1. The number of aromatic nitrogens is 3. The third-order valence-electron chi connectivity index (χ3n) is 6.21. The van der Waals surface area contributed by atoms with E-state index in [4.69, 9.17) is 4.42 Å². The molecule has 5 rings (SSSR count). The quantitative estimate of drug-likeness (QED) is 0.706. The van der Waals surface area contributed by atoms with E-state index in [1.165, 1.54) is 12.8 Å². The van der Waals surface area contributed by atoms with E-state index >= 15 is 0 Å². The molecule has 1 aromatic carbocycles. The number of rotatable bonds is 4. The minimum Gasteiger partial charge on any atom is -0.403 e. The summed E-state index contributed by atoms with van der Waals surface area (Å²) < 4.78 is 5.63. The van der Waals surface area contributed by atoms with E-state index in [-0.39, 0.29) is 23.4 Å². The summed E-state index contributed by atoms with van der Waals surface area (Å²) in [4.78, 5) is 29.8. The molecule has 1 aliphatic carbocycles. The molecule has 150 valence electrons. The zero-order chi connectivity index (χ0) is 20.0. The number of hydrogen-bond acceptors (Lipinski definition) is 6. The van der Waals surface area contributed by atoms with E-state index in [0.717, 1.165) is 36.8 Å². The van der Waals surface area contributed by atoms with Gasteiger partial charge in [-0.1, -0.05) is 23.3 Å². The summed E-state index contributed by atoms with van der Waals surface area (Å²) in [5.74, 6) is 0.150. The van der Waals surface area contributed by atoms with Crippen LogP contribution in [0.5, 0.6) is 0 Å². The molecular weight excluding hydrogens is 370 g/mol. The predicted octanol–water partition coefficient (Wildman–Crippen LogP) is 2.78. The first kappa shape index (κ1) is 17.9. The topological polar surface area (TPSA) is 104 Å². The number of likely N-dealkylation sites (tertiary alicyclic amines) is 1. The molecule has 1 spiro atoms. The molecule has 1 atom stereocenters. The Morgan fingerprint density at radius 1 is 1.21 bits per heavy atom. The second-order valence-electron chi connectivity index (χ2n) is 8.20. The number of pyridine rings is 1. The highest BCUT2D eigenvalue weighted by molar-refractivity contribution is 5.84. The van der Waals surface area contributed by atoms with Gasteiger partial charge in [-0.3, -0.25) is 9.59 Å². The van der Waals surface area contributed by atoms with E-state index in [9.17, 15) is 9.59 Å². The number of carbonyl (C=O) groups excluding carboxylic acids is 1. The predicted molar refractivity (Wildman–Crippen MR) is 108 cm³/mol. The fourth-order valence-electron chi connectivity index (χ4n) is 4.10. The zero-order valence-electron chi connectivity index (χ0n) is 16.3. The number of nitrogens with one attached hydrogen (secondary N) is 2. The average molecular weight is 393 g/mol. The molecule has 1 saturated heterocycles. The fraction of sp³-hybridized carbons (Fsp3) is 0.429. The van der Waals surface area contributed by atoms with Crippen molar-refractivity contribution in [3.8, 4) is 11.5 Å². The number of nitrogens with zero attached hydrogens (tertiary/aromatic N) is 3. The van der Waals surface area contributed by atoms with Gasteiger partial charge in [0.1, 0.15) is 11.6 Å². The SMILES string of the molecule is C[C@@H](Nc1nnc(-c2cc3ccccc3[nH]c2=O)o1)C(=O)N1CCC2(CC1)CC2. The van der Waals surface area contributed by atoms with Gasteiger partial charge in [-0.05, 0) is 55.5 Å². The molecule has 0 radical (unpaired) electrons. The Hall–Kier alpha value is -3.16. The first-order chi connectivity index (χ1) is 14.0. The molecule has 2 aromatic heterocycles. The molecule has 2 aliphatic rings. The monoisotopic (exact) mass is 393 g/mol. The smallest absolute Gasteiger partial charge is 0.316 e. The Labute approximate surface area is 167 Å². The van der Waals surface area contributed by atoms with Crippen molar-refractivity contribution >= 4 is 22.8 Å². The maximum Gasteiger partial charge on any atom is 0.316 e. The Kier molecular flexibility index (Phi) is 4.15. The van der Waals surface area contributed by atoms with Crippen LogP contribution >= 0.6 is 0 Å². The summed E-state index contributed by atoms with van der Waals surface area (Å²) >= 11 is 0. The van der Waals surface area contributed by atoms with Crippen LogP contribution in [0.3, 0.4) is 0 Å². The summed E-state index contributed by atoms with van der Waals surface area (Å²) in [7, 11) is 0. The van der Waals surface area contributed by atoms with Crippen molar-refractivity contribution in [2.75, 3.05) is 18.4 Å². The molecule has 8 heteroatoms. The Morgan fingerprint density at radius 2 is 1.97 bits per heavy atom. The number of piperidine rings is 1. The average Bonchev–Trinajstić information content (AvgIpc) is 3.32. The van der Waals surface area contributed by atoms with E-state index in [0.29, 0.717) is 11.0 Å². The molecule has 0 unspecified atom stereocenters. The number of hydrogen-bond donors (Lipinski definition) is 2. The first-order valence-corrected chi connectivity index (χ1v) is 10.0. The summed E-state index contributed by atoms with van der Waals surface area (Å²) in [6.07, 6.45) is 4.81. The fourth-order valence-corrected chi connectivity index (χ4v) is 4.10. The number of fused-ring (bicyclic) bond motifs is 1. The lowest BCUT2D eigenvalue weighted by Crippen LogP contribution is -2.45. The van der Waals surface area contributed by atoms with Gasteiger partial charge in [-0.15, -0.1) is 5.10 Å². The van der Waals surface area contributed by atoms with E-state index in [2.05, 4.69) is 20.5 Å². The number of amides is 1. The molecule has 3 heterocycles. The van der Waals surface area contributed by atoms with Crippen LogP contribution in [0, 0.1) is 5.41 Å². The second kappa shape index (κ2) is 6.72. The van der Waals surface area contributed by atoms with Crippen LogP contribution in [0.1, 0.15) is 32.6 Å². The van der Waals surface area contributed by atoms with Crippen LogP contribution in [0.2, 0.25) is 0 Å². The molecule has 2 N–H and O–H groups in total. The normalized spacial score (nSPS) is 18.7. The van der Waals surface area contributed by atoms with Crippen molar-refractivity contribution in [1.29, 1.82) is 0 Å². The number of para-hydroxylation sites is 1. The van der Waals surface area contributed by atoms with Crippen LogP contribution in [-0.4, -0.2) is 45.1 Å². The van der Waals surface area contributed by atoms with Gasteiger partial charge >= 0.3 is 6.01 Å². The number of H-pyrrole nitrogens is 1. The third kappa shape index (κ3) is 3.39. The van der Waals surface area contributed by atoms with Crippen molar-refractivity contribution in [3.05, 3.63) is 40.7 Å². The summed E-state index contributed by atoms with van der Waals surface area (Å²) in [6, 6.07) is 8.86. The third-order valence-corrected chi connectivity index (χ3v) is 6.21. The highest BCUT2D eigenvalue weighted by atomic mass is 16.4. The minimum absolute atomic E-state index is 0.0313. The van der Waals surface area contributed by atoms with E-state index in [1.807, 2.05) is 29.2 Å². The molecule has 2 fully saturated rings. The molecule has 1 aliphatic heterocycles. The first-order valence-electron chi connectivity index (χ1n) is 10.0. The molecular formula is C21H23N5O3. The van der Waals surface area contributed by atoms with Crippen LogP contribution in [0.15, 0.2) is 39.5 Å². The summed E-state index contributed by atoms with van der Waals surface area (Å²) in [5, 5.41) is 11.8. The van der Waals surface area contributed by atoms with Gasteiger partial charge in [0.15, 0.2) is 0 Å². The molecule has 3 aromatic rings. The Bertz CT molecular complexity index is 1120. The number of anilines is 1. The van der Waals surface area contributed by atoms with E-state index in [1.54, 1.807) is 13.0 Å². The van der Waals surface area contributed by atoms with Crippen LogP contribution in [0.4, 0.5) is 6.01 Å². The van der Waals surface area contributed by atoms with Crippen LogP contribution in [0.25, 0.3) is 22.4 Å². The molecule has 0 bridgehead atoms. The van der Waals surface area contributed by atoms with E-state index < -0.39 is 6.04 Å². The molecule has 1 saturated carbocycles. The molecule has 8 nitrogen and oxygen atoms in total. The van der Waals surface area contributed by atoms with Gasteiger partial charge in [0.25, 0.3) is 11.4 Å². The highest BCUT2D eigenvalue weighted by Crippen LogP contribution is 2.53. The van der Waals surface area contributed by atoms with Gasteiger partial charge in [0.2, 0.25) is 5.91 Å². The lowest BCUT2D eigenvalue weighted by atomic mass is 9.93. The number of carbonyl (C=O) groups is 1. The van der Waals surface area contributed by atoms with Crippen molar-refractivity contribution in [2.45, 2.75) is 38.6 Å². The minimum atomic E-state index is -0.480. The van der Waals surface area contributed by atoms with Crippen LogP contribution < -0.4 is 10.9 Å². The summed E-state index contributed by atoms with van der Waals surface area (Å²) in [6.45, 7) is 3.41. The van der Waals surface area contributed by atoms with Crippen molar-refractivity contribution in [3.63, 3.8) is 0 Å². The second-order valence-corrected chi connectivity index (χ2v) is 8.20. The molecule has 29 heavy (non-hydrogen) atoms. The maximum atomic E-state index is 12.7. The Balaban J connectivity index is 1.29.